The smallest absolute Gasteiger partial charge is 0.150 e. The number of rotatable bonds is 4. The molecule has 0 bridgehead atoms. The van der Waals surface area contributed by atoms with Crippen molar-refractivity contribution in [3.05, 3.63) is 0 Å². The minimum absolute atomic E-state index is 0.399. The molecular weight excluding hydrogens is 246 g/mol. The lowest BCUT2D eigenvalue weighted by Crippen LogP contribution is -2.35. The molecule has 0 radical (unpaired) electrons. The van der Waals surface area contributed by atoms with Gasteiger partial charge >= 0.3 is 0 Å². The maximum absolute atomic E-state index is 11.5. The zero-order chi connectivity index (χ0) is 13.0. The third-order valence-electron chi connectivity index (χ3n) is 4.75. The van der Waals surface area contributed by atoms with Crippen molar-refractivity contribution in [2.24, 2.45) is 11.8 Å². The predicted molar refractivity (Wildman–Crippen MR) is 75.4 cm³/mol. The molecule has 0 aromatic carbocycles. The summed E-state index contributed by atoms with van der Waals surface area (Å²) in [6.45, 7) is 0. The molecule has 1 N–H and O–H groups in total. The van der Waals surface area contributed by atoms with Crippen LogP contribution in [-0.4, -0.2) is 33.0 Å². The van der Waals surface area contributed by atoms with Crippen LogP contribution in [-0.2, 0) is 9.84 Å². The van der Waals surface area contributed by atoms with E-state index in [2.05, 4.69) is 5.32 Å². The molecule has 0 aromatic heterocycles. The number of nitrogens with one attached hydrogen (secondary N) is 1. The van der Waals surface area contributed by atoms with Crippen LogP contribution in [0.3, 0.4) is 0 Å². The molecular formula is C14H27NO2S. The Bertz CT molecular complexity index is 345. The second-order valence-corrected chi connectivity index (χ2v) is 8.38. The second kappa shape index (κ2) is 6.38. The average molecular weight is 273 g/mol. The van der Waals surface area contributed by atoms with Gasteiger partial charge in [-0.25, -0.2) is 8.42 Å². The Hall–Kier alpha value is -0.0900. The molecule has 0 amide bonds. The Morgan fingerprint density at radius 3 is 2.28 bits per heavy atom. The number of hydrogen-bond donors (Lipinski definition) is 1. The summed E-state index contributed by atoms with van der Waals surface area (Å²) in [4.78, 5) is 0. The van der Waals surface area contributed by atoms with Crippen LogP contribution in [0, 0.1) is 11.8 Å². The Labute approximate surface area is 112 Å². The molecule has 1 aliphatic heterocycles. The van der Waals surface area contributed by atoms with E-state index in [1.807, 2.05) is 7.05 Å². The van der Waals surface area contributed by atoms with Crippen LogP contribution in [0.2, 0.25) is 0 Å². The Balaban J connectivity index is 1.88. The van der Waals surface area contributed by atoms with Crippen LogP contribution in [0.4, 0.5) is 0 Å². The molecule has 1 heterocycles. The maximum Gasteiger partial charge on any atom is 0.150 e. The van der Waals surface area contributed by atoms with Gasteiger partial charge in [0.2, 0.25) is 0 Å². The average Bonchev–Trinajstić information content (AvgIpc) is 2.57. The summed E-state index contributed by atoms with van der Waals surface area (Å²) < 4.78 is 23.0. The van der Waals surface area contributed by atoms with E-state index in [1.165, 1.54) is 38.5 Å². The standard InChI is InChI=1S/C14H27NO2S/c1-15-14(13-6-4-2-3-5-7-13)10-12-8-9-18(16,17)11-12/h12-15H,2-11H2,1H3. The van der Waals surface area contributed by atoms with Gasteiger partial charge in [0.25, 0.3) is 0 Å². The molecule has 2 aliphatic rings. The molecule has 2 rings (SSSR count). The first-order valence-electron chi connectivity index (χ1n) is 7.48. The molecule has 1 saturated heterocycles. The lowest BCUT2D eigenvalue weighted by molar-refractivity contribution is 0.288. The van der Waals surface area contributed by atoms with Crippen molar-refractivity contribution in [3.63, 3.8) is 0 Å². The van der Waals surface area contributed by atoms with Crippen LogP contribution in [0.5, 0.6) is 0 Å². The van der Waals surface area contributed by atoms with Gasteiger partial charge in [-0.2, -0.15) is 0 Å². The van der Waals surface area contributed by atoms with E-state index in [9.17, 15) is 8.42 Å². The maximum atomic E-state index is 11.5. The van der Waals surface area contributed by atoms with Crippen LogP contribution >= 0.6 is 0 Å². The Morgan fingerprint density at radius 1 is 1.11 bits per heavy atom. The lowest BCUT2D eigenvalue weighted by Gasteiger charge is -2.28. The third-order valence-corrected chi connectivity index (χ3v) is 6.59. The summed E-state index contributed by atoms with van der Waals surface area (Å²) in [6.07, 6.45) is 10.1. The molecule has 4 heteroatoms. The number of sulfone groups is 1. The van der Waals surface area contributed by atoms with Gasteiger partial charge in [0.05, 0.1) is 11.5 Å². The van der Waals surface area contributed by atoms with Gasteiger partial charge < -0.3 is 5.32 Å². The fourth-order valence-electron chi connectivity index (χ4n) is 3.68. The highest BCUT2D eigenvalue weighted by atomic mass is 32.2. The summed E-state index contributed by atoms with van der Waals surface area (Å²) in [7, 11) is -0.674. The van der Waals surface area contributed by atoms with E-state index in [4.69, 9.17) is 0 Å². The van der Waals surface area contributed by atoms with Gasteiger partial charge in [-0.3, -0.25) is 0 Å². The van der Waals surface area contributed by atoms with Crippen LogP contribution in [0.15, 0.2) is 0 Å². The quantitative estimate of drug-likeness (QED) is 0.800. The summed E-state index contributed by atoms with van der Waals surface area (Å²) in [5, 5.41) is 3.46. The van der Waals surface area contributed by atoms with Gasteiger partial charge in [-0.15, -0.1) is 0 Å². The van der Waals surface area contributed by atoms with E-state index in [-0.39, 0.29) is 0 Å². The van der Waals surface area contributed by atoms with Crippen molar-refractivity contribution < 1.29 is 8.42 Å². The second-order valence-electron chi connectivity index (χ2n) is 6.15. The highest BCUT2D eigenvalue weighted by Gasteiger charge is 2.31. The van der Waals surface area contributed by atoms with E-state index >= 15 is 0 Å². The molecule has 1 aliphatic carbocycles. The van der Waals surface area contributed by atoms with Crippen molar-refractivity contribution in [2.75, 3.05) is 18.6 Å². The molecule has 0 spiro atoms. The minimum atomic E-state index is -2.72. The molecule has 1 saturated carbocycles. The van der Waals surface area contributed by atoms with Crippen molar-refractivity contribution in [1.29, 1.82) is 0 Å². The van der Waals surface area contributed by atoms with Crippen LogP contribution in [0.25, 0.3) is 0 Å². The van der Waals surface area contributed by atoms with Crippen LogP contribution in [0.1, 0.15) is 51.4 Å². The Kier molecular flexibility index (Phi) is 5.07. The topological polar surface area (TPSA) is 46.2 Å². The Morgan fingerprint density at radius 2 is 1.78 bits per heavy atom. The molecule has 18 heavy (non-hydrogen) atoms. The monoisotopic (exact) mass is 273 g/mol. The molecule has 2 unspecified atom stereocenters. The minimum Gasteiger partial charge on any atom is -0.317 e. The largest absolute Gasteiger partial charge is 0.317 e. The van der Waals surface area contributed by atoms with E-state index in [1.54, 1.807) is 0 Å². The lowest BCUT2D eigenvalue weighted by atomic mass is 9.85. The van der Waals surface area contributed by atoms with Gasteiger partial charge in [0, 0.05) is 6.04 Å². The fourth-order valence-corrected chi connectivity index (χ4v) is 5.56. The van der Waals surface area contributed by atoms with Gasteiger partial charge in [0.1, 0.15) is 0 Å². The molecule has 2 atom stereocenters. The van der Waals surface area contributed by atoms with Gasteiger partial charge in [-0.05, 0) is 44.6 Å². The van der Waals surface area contributed by atoms with E-state index in [0.29, 0.717) is 23.5 Å². The van der Waals surface area contributed by atoms with Gasteiger partial charge in [0.15, 0.2) is 9.84 Å². The van der Waals surface area contributed by atoms with E-state index < -0.39 is 9.84 Å². The summed E-state index contributed by atoms with van der Waals surface area (Å²) in [5.74, 6) is 2.01. The van der Waals surface area contributed by atoms with Crippen LogP contribution < -0.4 is 5.32 Å². The number of hydrogen-bond acceptors (Lipinski definition) is 3. The normalized spacial score (nSPS) is 31.1. The highest BCUT2D eigenvalue weighted by molar-refractivity contribution is 7.91. The van der Waals surface area contributed by atoms with Crippen molar-refractivity contribution in [1.82, 2.24) is 5.32 Å². The zero-order valence-corrected chi connectivity index (χ0v) is 12.3. The summed E-state index contributed by atoms with van der Waals surface area (Å²) in [6, 6.07) is 0.529. The summed E-state index contributed by atoms with van der Waals surface area (Å²) >= 11 is 0. The molecule has 2 fully saturated rings. The van der Waals surface area contributed by atoms with Crippen molar-refractivity contribution in [2.45, 2.75) is 57.4 Å². The third kappa shape index (κ3) is 3.95. The van der Waals surface area contributed by atoms with Crippen molar-refractivity contribution >= 4 is 9.84 Å². The first kappa shape index (κ1) is 14.3. The predicted octanol–water partition coefficient (Wildman–Crippen LogP) is 2.37. The highest BCUT2D eigenvalue weighted by Crippen LogP contribution is 2.31. The first-order valence-corrected chi connectivity index (χ1v) is 9.30. The summed E-state index contributed by atoms with van der Waals surface area (Å²) in [5.41, 5.74) is 0. The molecule has 106 valence electrons. The van der Waals surface area contributed by atoms with E-state index in [0.717, 1.165) is 18.8 Å². The fraction of sp³-hybridized carbons (Fsp3) is 1.00. The molecule has 0 aromatic rings. The SMILES string of the molecule is CNC(CC1CCS(=O)(=O)C1)C1CCCCCC1. The van der Waals surface area contributed by atoms with Gasteiger partial charge in [-0.1, -0.05) is 25.7 Å². The first-order chi connectivity index (χ1) is 8.61. The molecule has 3 nitrogen and oxygen atoms in total. The van der Waals surface area contributed by atoms with Crippen molar-refractivity contribution in [3.8, 4) is 0 Å². The zero-order valence-electron chi connectivity index (χ0n) is 11.5.